The number of hydrogen-bond acceptors (Lipinski definition) is 3. The van der Waals surface area contributed by atoms with Gasteiger partial charge in [-0.15, -0.1) is 0 Å². The van der Waals surface area contributed by atoms with Crippen molar-refractivity contribution in [2.45, 2.75) is 27.2 Å². The molecule has 0 bridgehead atoms. The Bertz CT molecular complexity index is 403. The lowest BCUT2D eigenvalue weighted by atomic mass is 10.3. The highest BCUT2D eigenvalue weighted by molar-refractivity contribution is 5.50. The van der Waals surface area contributed by atoms with Crippen molar-refractivity contribution in [2.24, 2.45) is 7.05 Å². The molecule has 2 heterocycles. The summed E-state index contributed by atoms with van der Waals surface area (Å²) in [6.07, 6.45) is 2.76. The number of aryl methyl sites for hydroxylation is 2. The van der Waals surface area contributed by atoms with Crippen molar-refractivity contribution in [3.05, 3.63) is 24.0 Å². The Morgan fingerprint density at radius 2 is 2.13 bits per heavy atom. The first-order valence-corrected chi connectivity index (χ1v) is 5.25. The van der Waals surface area contributed by atoms with Crippen LogP contribution in [0.2, 0.25) is 0 Å². The third-order valence-electron chi connectivity index (χ3n) is 1.89. The molecule has 2 aromatic rings. The van der Waals surface area contributed by atoms with Crippen LogP contribution in [0.4, 0.5) is 0 Å². The minimum Gasteiger partial charge on any atom is -0.354 e. The summed E-state index contributed by atoms with van der Waals surface area (Å²) in [5.41, 5.74) is 1.79. The summed E-state index contributed by atoms with van der Waals surface area (Å²) in [6, 6.07) is 3.82. The van der Waals surface area contributed by atoms with E-state index in [-0.39, 0.29) is 0 Å². The van der Waals surface area contributed by atoms with Gasteiger partial charge in [-0.05, 0) is 12.5 Å². The average molecular weight is 207 g/mol. The maximum atomic E-state index is 5.13. The maximum Gasteiger partial charge on any atom is 0.187 e. The van der Waals surface area contributed by atoms with Gasteiger partial charge in [0.25, 0.3) is 0 Å². The molecule has 0 fully saturated rings. The SMILES string of the molecule is CC.CCc1cc(-c2ccn(C)n2)on1. The molecule has 0 aromatic carbocycles. The van der Waals surface area contributed by atoms with Crippen molar-refractivity contribution in [1.29, 1.82) is 0 Å². The Kier molecular flexibility index (Phi) is 4.09. The number of hydrogen-bond donors (Lipinski definition) is 0. The Hall–Kier alpha value is -1.58. The largest absolute Gasteiger partial charge is 0.354 e. The normalized spacial score (nSPS) is 9.60. The van der Waals surface area contributed by atoms with Crippen LogP contribution < -0.4 is 0 Å². The highest BCUT2D eigenvalue weighted by Crippen LogP contribution is 2.17. The predicted octanol–water partition coefficient (Wildman–Crippen LogP) is 2.66. The van der Waals surface area contributed by atoms with E-state index < -0.39 is 0 Å². The van der Waals surface area contributed by atoms with Crippen molar-refractivity contribution in [1.82, 2.24) is 14.9 Å². The molecule has 82 valence electrons. The monoisotopic (exact) mass is 207 g/mol. The van der Waals surface area contributed by atoms with Crippen LogP contribution in [0.1, 0.15) is 26.5 Å². The van der Waals surface area contributed by atoms with Gasteiger partial charge < -0.3 is 4.52 Å². The lowest BCUT2D eigenvalue weighted by Crippen LogP contribution is -1.86. The van der Waals surface area contributed by atoms with Gasteiger partial charge in [-0.2, -0.15) is 5.10 Å². The molecule has 0 saturated heterocycles. The molecule has 4 heteroatoms. The third kappa shape index (κ3) is 2.68. The van der Waals surface area contributed by atoms with E-state index in [0.717, 1.165) is 23.6 Å². The maximum absolute atomic E-state index is 5.13. The predicted molar refractivity (Wildman–Crippen MR) is 59.4 cm³/mol. The minimum atomic E-state index is 0.734. The lowest BCUT2D eigenvalue weighted by molar-refractivity contribution is 0.423. The molecule has 2 rings (SSSR count). The van der Waals surface area contributed by atoms with E-state index in [1.54, 1.807) is 4.68 Å². The highest BCUT2D eigenvalue weighted by atomic mass is 16.5. The van der Waals surface area contributed by atoms with Crippen LogP contribution in [0.3, 0.4) is 0 Å². The smallest absolute Gasteiger partial charge is 0.187 e. The van der Waals surface area contributed by atoms with Gasteiger partial charge in [-0.1, -0.05) is 25.9 Å². The minimum absolute atomic E-state index is 0.734. The second-order valence-electron chi connectivity index (χ2n) is 2.91. The zero-order valence-electron chi connectivity index (χ0n) is 9.69. The van der Waals surface area contributed by atoms with Crippen LogP contribution in [-0.2, 0) is 13.5 Å². The molecule has 2 aromatic heterocycles. The van der Waals surface area contributed by atoms with E-state index in [9.17, 15) is 0 Å². The molecule has 0 saturated carbocycles. The molecule has 0 N–H and O–H groups in total. The summed E-state index contributed by atoms with van der Waals surface area (Å²) in [5.74, 6) is 0.734. The molecule has 4 nitrogen and oxygen atoms in total. The Morgan fingerprint density at radius 1 is 1.40 bits per heavy atom. The fourth-order valence-electron chi connectivity index (χ4n) is 1.15. The van der Waals surface area contributed by atoms with E-state index in [2.05, 4.69) is 10.3 Å². The van der Waals surface area contributed by atoms with Crippen molar-refractivity contribution >= 4 is 0 Å². The topological polar surface area (TPSA) is 43.9 Å². The summed E-state index contributed by atoms with van der Waals surface area (Å²) in [4.78, 5) is 0. The van der Waals surface area contributed by atoms with E-state index >= 15 is 0 Å². The van der Waals surface area contributed by atoms with Crippen LogP contribution in [0.25, 0.3) is 11.5 Å². The third-order valence-corrected chi connectivity index (χ3v) is 1.89. The van der Waals surface area contributed by atoms with Gasteiger partial charge in [0, 0.05) is 19.3 Å². The molecule has 0 radical (unpaired) electrons. The Morgan fingerprint density at radius 3 is 2.60 bits per heavy atom. The summed E-state index contributed by atoms with van der Waals surface area (Å²) in [6.45, 7) is 6.04. The van der Waals surface area contributed by atoms with Crippen molar-refractivity contribution in [3.63, 3.8) is 0 Å². The van der Waals surface area contributed by atoms with E-state index in [1.165, 1.54) is 0 Å². The van der Waals surface area contributed by atoms with Crippen LogP contribution in [0.15, 0.2) is 22.9 Å². The van der Waals surface area contributed by atoms with Gasteiger partial charge in [0.15, 0.2) is 5.76 Å². The van der Waals surface area contributed by atoms with Crippen molar-refractivity contribution in [3.8, 4) is 11.5 Å². The van der Waals surface area contributed by atoms with Crippen LogP contribution in [-0.4, -0.2) is 14.9 Å². The lowest BCUT2D eigenvalue weighted by Gasteiger charge is -1.85. The molecule has 0 amide bonds. The fourth-order valence-corrected chi connectivity index (χ4v) is 1.15. The zero-order chi connectivity index (χ0) is 11.3. The van der Waals surface area contributed by atoms with Gasteiger partial charge in [-0.25, -0.2) is 0 Å². The van der Waals surface area contributed by atoms with Crippen molar-refractivity contribution in [2.75, 3.05) is 0 Å². The zero-order valence-corrected chi connectivity index (χ0v) is 9.69. The van der Waals surface area contributed by atoms with Gasteiger partial charge in [0.05, 0.1) is 5.69 Å². The molecule has 15 heavy (non-hydrogen) atoms. The summed E-state index contributed by atoms with van der Waals surface area (Å²) in [7, 11) is 1.88. The first-order chi connectivity index (χ1) is 7.29. The van der Waals surface area contributed by atoms with Gasteiger partial charge in [0.2, 0.25) is 0 Å². The van der Waals surface area contributed by atoms with Gasteiger partial charge in [-0.3, -0.25) is 4.68 Å². The molecule has 0 unspecified atom stereocenters. The molecular formula is C11H17N3O. The molecule has 0 atom stereocenters. The standard InChI is InChI=1S/C9H11N3O.C2H6/c1-3-7-6-9(13-11-7)8-4-5-12(2)10-8;1-2/h4-6H,3H2,1-2H3;1-2H3. The second-order valence-corrected chi connectivity index (χ2v) is 2.91. The molecular weight excluding hydrogens is 190 g/mol. The first kappa shape index (κ1) is 11.5. The van der Waals surface area contributed by atoms with Crippen LogP contribution in [0, 0.1) is 0 Å². The van der Waals surface area contributed by atoms with E-state index in [4.69, 9.17) is 4.52 Å². The quantitative estimate of drug-likeness (QED) is 0.760. The molecule has 0 aliphatic heterocycles. The highest BCUT2D eigenvalue weighted by Gasteiger charge is 2.07. The molecule has 0 aliphatic carbocycles. The Balaban J connectivity index is 0.000000531. The van der Waals surface area contributed by atoms with Crippen LogP contribution >= 0.6 is 0 Å². The summed E-state index contributed by atoms with van der Waals surface area (Å²) >= 11 is 0. The van der Waals surface area contributed by atoms with E-state index in [1.807, 2.05) is 46.1 Å². The summed E-state index contributed by atoms with van der Waals surface area (Å²) in [5, 5.41) is 8.11. The first-order valence-electron chi connectivity index (χ1n) is 5.25. The Labute approximate surface area is 89.9 Å². The number of nitrogens with zero attached hydrogens (tertiary/aromatic N) is 3. The van der Waals surface area contributed by atoms with E-state index in [0.29, 0.717) is 0 Å². The fraction of sp³-hybridized carbons (Fsp3) is 0.455. The number of rotatable bonds is 2. The van der Waals surface area contributed by atoms with Gasteiger partial charge in [0.1, 0.15) is 5.69 Å². The molecule has 0 spiro atoms. The summed E-state index contributed by atoms with van der Waals surface area (Å²) < 4.78 is 6.87. The average Bonchev–Trinajstić information content (AvgIpc) is 2.88. The second kappa shape index (κ2) is 5.34. The van der Waals surface area contributed by atoms with Crippen molar-refractivity contribution < 1.29 is 4.52 Å². The molecule has 0 aliphatic rings. The number of aromatic nitrogens is 3. The van der Waals surface area contributed by atoms with Gasteiger partial charge >= 0.3 is 0 Å². The van der Waals surface area contributed by atoms with Crippen LogP contribution in [0.5, 0.6) is 0 Å².